The molecule has 0 atom stereocenters. The summed E-state index contributed by atoms with van der Waals surface area (Å²) >= 11 is 1.59. The Bertz CT molecular complexity index is 269. The second-order valence-corrected chi connectivity index (χ2v) is 4.62. The molecule has 0 radical (unpaired) electrons. The largest absolute Gasteiger partial charge is 0.411 e. The van der Waals surface area contributed by atoms with E-state index in [1.54, 1.807) is 11.3 Å². The van der Waals surface area contributed by atoms with Gasteiger partial charge in [0.25, 0.3) is 0 Å². The van der Waals surface area contributed by atoms with Crippen LogP contribution in [0.3, 0.4) is 0 Å². The van der Waals surface area contributed by atoms with Crippen LogP contribution in [0.4, 0.5) is 0 Å². The van der Waals surface area contributed by atoms with Crippen LogP contribution in [0.1, 0.15) is 25.6 Å². The Balaban J connectivity index is 3.01. The number of thiophene rings is 1. The third kappa shape index (κ3) is 1.85. The molecule has 1 rings (SSSR count). The molecule has 0 amide bonds. The molecule has 0 fully saturated rings. The van der Waals surface area contributed by atoms with Crippen molar-refractivity contribution in [3.63, 3.8) is 0 Å². The van der Waals surface area contributed by atoms with E-state index in [0.29, 0.717) is 0 Å². The van der Waals surface area contributed by atoms with Crippen LogP contribution in [-0.2, 0) is 0 Å². The van der Waals surface area contributed by atoms with Crippen molar-refractivity contribution in [1.29, 1.82) is 0 Å². The summed E-state index contributed by atoms with van der Waals surface area (Å²) in [5.74, 6) is 0. The quantitative estimate of drug-likeness (QED) is 0.405. The second kappa shape index (κ2) is 3.27. The molecule has 2 nitrogen and oxygen atoms in total. The highest BCUT2D eigenvalue weighted by atomic mass is 32.1. The van der Waals surface area contributed by atoms with Gasteiger partial charge in [0.2, 0.25) is 0 Å². The molecule has 66 valence electrons. The van der Waals surface area contributed by atoms with E-state index in [-0.39, 0.29) is 5.41 Å². The van der Waals surface area contributed by atoms with Crippen LogP contribution in [0.25, 0.3) is 0 Å². The van der Waals surface area contributed by atoms with E-state index in [2.05, 4.69) is 5.16 Å². The van der Waals surface area contributed by atoms with E-state index in [1.165, 1.54) is 0 Å². The Morgan fingerprint density at radius 3 is 2.50 bits per heavy atom. The first-order chi connectivity index (χ1) is 5.55. The zero-order valence-corrected chi connectivity index (χ0v) is 8.35. The topological polar surface area (TPSA) is 32.6 Å². The molecule has 1 N–H and O–H groups in total. The van der Waals surface area contributed by atoms with Gasteiger partial charge in [-0.3, -0.25) is 0 Å². The van der Waals surface area contributed by atoms with Crippen molar-refractivity contribution >= 4 is 17.0 Å². The van der Waals surface area contributed by atoms with Crippen molar-refractivity contribution in [3.05, 3.63) is 22.4 Å². The molecule has 0 saturated heterocycles. The highest BCUT2D eigenvalue weighted by Gasteiger charge is 2.21. The zero-order valence-electron chi connectivity index (χ0n) is 7.53. The molecule has 0 aliphatic rings. The van der Waals surface area contributed by atoms with Gasteiger partial charge in [-0.05, 0) is 11.4 Å². The smallest absolute Gasteiger partial charge is 0.102 e. The highest BCUT2D eigenvalue weighted by Crippen LogP contribution is 2.24. The Morgan fingerprint density at radius 1 is 1.50 bits per heavy atom. The second-order valence-electron chi connectivity index (χ2n) is 3.68. The summed E-state index contributed by atoms with van der Waals surface area (Å²) in [6.45, 7) is 6.09. The van der Waals surface area contributed by atoms with Gasteiger partial charge in [-0.25, -0.2) is 0 Å². The first kappa shape index (κ1) is 9.26. The summed E-state index contributed by atoms with van der Waals surface area (Å²) in [5.41, 5.74) is 0.650. The first-order valence-corrected chi connectivity index (χ1v) is 4.70. The van der Waals surface area contributed by atoms with Crippen molar-refractivity contribution in [2.24, 2.45) is 10.6 Å². The fraction of sp³-hybridized carbons (Fsp3) is 0.444. The number of oxime groups is 1. The number of rotatable bonds is 1. The van der Waals surface area contributed by atoms with E-state index in [4.69, 9.17) is 5.21 Å². The fourth-order valence-electron chi connectivity index (χ4n) is 0.982. The lowest BCUT2D eigenvalue weighted by Crippen LogP contribution is -2.20. The van der Waals surface area contributed by atoms with Crippen LogP contribution in [0, 0.1) is 5.41 Å². The lowest BCUT2D eigenvalue weighted by Gasteiger charge is -2.18. The Kier molecular flexibility index (Phi) is 2.52. The maximum absolute atomic E-state index is 8.83. The van der Waals surface area contributed by atoms with E-state index in [0.717, 1.165) is 10.6 Å². The van der Waals surface area contributed by atoms with Crippen LogP contribution in [0.5, 0.6) is 0 Å². The number of hydrogen-bond acceptors (Lipinski definition) is 3. The molecular weight excluding hydrogens is 170 g/mol. The van der Waals surface area contributed by atoms with E-state index in [9.17, 15) is 0 Å². The van der Waals surface area contributed by atoms with Crippen molar-refractivity contribution in [2.45, 2.75) is 20.8 Å². The van der Waals surface area contributed by atoms with Gasteiger partial charge in [0.1, 0.15) is 5.71 Å². The van der Waals surface area contributed by atoms with E-state index >= 15 is 0 Å². The minimum atomic E-state index is -0.0976. The van der Waals surface area contributed by atoms with Gasteiger partial charge in [-0.2, -0.15) is 0 Å². The highest BCUT2D eigenvalue weighted by molar-refractivity contribution is 7.12. The lowest BCUT2D eigenvalue weighted by molar-refractivity contribution is 0.312. The van der Waals surface area contributed by atoms with E-state index in [1.807, 2.05) is 38.3 Å². The van der Waals surface area contributed by atoms with Crippen LogP contribution in [0.15, 0.2) is 22.7 Å². The average molecular weight is 183 g/mol. The lowest BCUT2D eigenvalue weighted by atomic mass is 9.89. The van der Waals surface area contributed by atoms with Gasteiger partial charge in [0, 0.05) is 5.41 Å². The average Bonchev–Trinajstić information content (AvgIpc) is 2.38. The molecule has 0 spiro atoms. The third-order valence-corrected chi connectivity index (χ3v) is 2.44. The van der Waals surface area contributed by atoms with Crippen LogP contribution < -0.4 is 0 Å². The van der Waals surface area contributed by atoms with Crippen molar-refractivity contribution in [3.8, 4) is 0 Å². The molecule has 0 aliphatic carbocycles. The van der Waals surface area contributed by atoms with Crippen LogP contribution in [0.2, 0.25) is 0 Å². The molecular formula is C9H13NOS. The summed E-state index contributed by atoms with van der Waals surface area (Å²) in [6, 6.07) is 3.92. The van der Waals surface area contributed by atoms with E-state index < -0.39 is 0 Å². The minimum absolute atomic E-state index is 0.0976. The molecule has 0 aromatic carbocycles. The SMILES string of the molecule is CC(C)(C)C(=NO)c1cccs1. The monoisotopic (exact) mass is 183 g/mol. The normalized spacial score (nSPS) is 13.4. The summed E-state index contributed by atoms with van der Waals surface area (Å²) in [7, 11) is 0. The summed E-state index contributed by atoms with van der Waals surface area (Å²) < 4.78 is 0. The van der Waals surface area contributed by atoms with Gasteiger partial charge in [-0.15, -0.1) is 11.3 Å². The molecule has 0 bridgehead atoms. The fourth-order valence-corrected chi connectivity index (χ4v) is 1.90. The molecule has 1 aromatic heterocycles. The summed E-state index contributed by atoms with van der Waals surface area (Å²) in [6.07, 6.45) is 0. The molecule has 1 aromatic rings. The Hall–Kier alpha value is -0.830. The van der Waals surface area contributed by atoms with Crippen molar-refractivity contribution in [2.75, 3.05) is 0 Å². The molecule has 0 aliphatic heterocycles. The number of nitrogens with zero attached hydrogens (tertiary/aromatic N) is 1. The van der Waals surface area contributed by atoms with Crippen LogP contribution in [-0.4, -0.2) is 10.9 Å². The predicted octanol–water partition coefficient (Wildman–Crippen LogP) is 2.97. The Labute approximate surface area is 76.5 Å². The van der Waals surface area contributed by atoms with Gasteiger partial charge in [-0.1, -0.05) is 32.0 Å². The van der Waals surface area contributed by atoms with Crippen LogP contribution >= 0.6 is 11.3 Å². The molecule has 0 saturated carbocycles. The molecule has 1 heterocycles. The third-order valence-electron chi connectivity index (χ3n) is 1.56. The van der Waals surface area contributed by atoms with Gasteiger partial charge in [0.15, 0.2) is 0 Å². The van der Waals surface area contributed by atoms with Gasteiger partial charge < -0.3 is 5.21 Å². The first-order valence-electron chi connectivity index (χ1n) is 3.82. The maximum atomic E-state index is 8.83. The predicted molar refractivity (Wildman–Crippen MR) is 52.1 cm³/mol. The minimum Gasteiger partial charge on any atom is -0.411 e. The molecule has 3 heteroatoms. The molecule has 12 heavy (non-hydrogen) atoms. The van der Waals surface area contributed by atoms with Crippen molar-refractivity contribution < 1.29 is 5.21 Å². The zero-order chi connectivity index (χ0) is 9.19. The number of hydrogen-bond donors (Lipinski definition) is 1. The van der Waals surface area contributed by atoms with Gasteiger partial charge in [0.05, 0.1) is 4.88 Å². The standard InChI is InChI=1S/C9H13NOS/c1-9(2,3)8(10-11)7-5-4-6-12-7/h4-6,11H,1-3H3. The maximum Gasteiger partial charge on any atom is 0.102 e. The Morgan fingerprint density at radius 2 is 2.17 bits per heavy atom. The summed E-state index contributed by atoms with van der Waals surface area (Å²) in [4.78, 5) is 1.03. The van der Waals surface area contributed by atoms with Crippen molar-refractivity contribution in [1.82, 2.24) is 0 Å². The molecule has 0 unspecified atom stereocenters. The van der Waals surface area contributed by atoms with Gasteiger partial charge >= 0.3 is 0 Å². The summed E-state index contributed by atoms with van der Waals surface area (Å²) in [5, 5.41) is 14.1.